The van der Waals surface area contributed by atoms with E-state index in [0.717, 1.165) is 27.9 Å². The van der Waals surface area contributed by atoms with Crippen molar-refractivity contribution in [3.8, 4) is 0 Å². The van der Waals surface area contributed by atoms with E-state index in [9.17, 15) is 14.7 Å². The lowest BCUT2D eigenvalue weighted by atomic mass is 9.93. The molecular weight excluding hydrogens is 414 g/mol. The van der Waals surface area contributed by atoms with Gasteiger partial charge in [-0.3, -0.25) is 14.6 Å². The maximum Gasteiger partial charge on any atom is 0.295 e. The minimum atomic E-state index is -0.700. The van der Waals surface area contributed by atoms with Crippen molar-refractivity contribution in [3.05, 3.63) is 100 Å². The fraction of sp³-hybridized carbons (Fsp3) is 0.222. The second-order valence-corrected chi connectivity index (χ2v) is 8.59. The number of carbonyl (C=O) groups excluding carboxylic acids is 2. The highest BCUT2D eigenvalue weighted by Crippen LogP contribution is 2.41. The molecule has 168 valence electrons. The molecule has 1 aliphatic rings. The number of amides is 1. The zero-order valence-corrected chi connectivity index (χ0v) is 19.2. The number of anilines is 1. The van der Waals surface area contributed by atoms with Gasteiger partial charge in [0.2, 0.25) is 0 Å². The van der Waals surface area contributed by atoms with E-state index in [0.29, 0.717) is 5.56 Å². The molecule has 6 heteroatoms. The number of benzene rings is 2. The molecule has 0 radical (unpaired) electrons. The van der Waals surface area contributed by atoms with Crippen LogP contribution in [0.3, 0.4) is 0 Å². The van der Waals surface area contributed by atoms with Crippen LogP contribution >= 0.6 is 0 Å². The molecule has 2 heterocycles. The molecule has 1 unspecified atom stereocenters. The molecule has 0 spiro atoms. The van der Waals surface area contributed by atoms with Gasteiger partial charge in [-0.25, -0.2) is 0 Å². The highest BCUT2D eigenvalue weighted by atomic mass is 16.3. The lowest BCUT2D eigenvalue weighted by molar-refractivity contribution is -0.140. The van der Waals surface area contributed by atoms with Crippen LogP contribution in [0.15, 0.2) is 72.6 Å². The fourth-order valence-corrected chi connectivity index (χ4v) is 4.17. The third-order valence-corrected chi connectivity index (χ3v) is 6.02. The van der Waals surface area contributed by atoms with Gasteiger partial charge in [-0.1, -0.05) is 29.8 Å². The maximum absolute atomic E-state index is 13.2. The van der Waals surface area contributed by atoms with Gasteiger partial charge in [0.25, 0.3) is 11.7 Å². The van der Waals surface area contributed by atoms with Crippen molar-refractivity contribution in [3.63, 3.8) is 0 Å². The van der Waals surface area contributed by atoms with Crippen LogP contribution in [-0.4, -0.2) is 40.8 Å². The van der Waals surface area contributed by atoms with Gasteiger partial charge in [-0.15, -0.1) is 0 Å². The quantitative estimate of drug-likeness (QED) is 0.361. The van der Waals surface area contributed by atoms with Crippen molar-refractivity contribution >= 4 is 23.1 Å². The van der Waals surface area contributed by atoms with E-state index >= 15 is 0 Å². The summed E-state index contributed by atoms with van der Waals surface area (Å²) in [5, 5.41) is 11.3. The lowest BCUT2D eigenvalue weighted by Crippen LogP contribution is -2.29. The number of carbonyl (C=O) groups is 2. The Balaban J connectivity index is 1.89. The van der Waals surface area contributed by atoms with Crippen LogP contribution in [0.4, 0.5) is 5.69 Å². The van der Waals surface area contributed by atoms with E-state index in [1.807, 2.05) is 87.4 Å². The molecule has 33 heavy (non-hydrogen) atoms. The second kappa shape index (κ2) is 8.90. The molecule has 0 saturated carbocycles. The van der Waals surface area contributed by atoms with Crippen molar-refractivity contribution in [2.45, 2.75) is 26.4 Å². The van der Waals surface area contributed by atoms with Crippen molar-refractivity contribution < 1.29 is 14.7 Å². The Bertz CT molecular complexity index is 1230. The summed E-state index contributed by atoms with van der Waals surface area (Å²) in [5.74, 6) is -1.45. The van der Waals surface area contributed by atoms with E-state index in [-0.39, 0.29) is 17.9 Å². The molecule has 1 atom stereocenters. The topological polar surface area (TPSA) is 73.7 Å². The van der Waals surface area contributed by atoms with E-state index in [4.69, 9.17) is 0 Å². The summed E-state index contributed by atoms with van der Waals surface area (Å²) in [5.41, 5.74) is 5.08. The van der Waals surface area contributed by atoms with E-state index in [1.54, 1.807) is 12.4 Å². The summed E-state index contributed by atoms with van der Waals surface area (Å²) < 4.78 is 0. The molecule has 6 nitrogen and oxygen atoms in total. The number of hydrogen-bond acceptors (Lipinski definition) is 5. The molecule has 0 bridgehead atoms. The monoisotopic (exact) mass is 441 g/mol. The lowest BCUT2D eigenvalue weighted by Gasteiger charge is -2.26. The Hall–Kier alpha value is -3.93. The van der Waals surface area contributed by atoms with Crippen molar-refractivity contribution in [2.24, 2.45) is 0 Å². The van der Waals surface area contributed by atoms with Gasteiger partial charge in [0.1, 0.15) is 5.76 Å². The minimum Gasteiger partial charge on any atom is -0.507 e. The van der Waals surface area contributed by atoms with Crippen LogP contribution in [-0.2, 0) is 16.1 Å². The number of hydrogen-bond donors (Lipinski definition) is 1. The molecule has 1 N–H and O–H groups in total. The van der Waals surface area contributed by atoms with Gasteiger partial charge in [-0.05, 0) is 60.9 Å². The van der Waals surface area contributed by atoms with Crippen LogP contribution in [0.5, 0.6) is 0 Å². The van der Waals surface area contributed by atoms with Gasteiger partial charge >= 0.3 is 0 Å². The maximum atomic E-state index is 13.2. The molecule has 1 saturated heterocycles. The normalized spacial score (nSPS) is 17.5. The standard InChI is InChI=1S/C27H27N3O3/c1-17-5-6-18(2)22(15-17)25(31)23-24(20-7-9-21(10-8-20)29(3)4)30(27(33)26(23)32)16-19-11-13-28-14-12-19/h5-15,24,31H,16H2,1-4H3/b25-23+. The number of rotatable bonds is 5. The van der Waals surface area contributed by atoms with Gasteiger partial charge in [0.05, 0.1) is 11.6 Å². The fourth-order valence-electron chi connectivity index (χ4n) is 4.17. The Labute approximate surface area is 193 Å². The van der Waals surface area contributed by atoms with E-state index in [2.05, 4.69) is 4.98 Å². The van der Waals surface area contributed by atoms with Gasteiger partial charge in [-0.2, -0.15) is 0 Å². The largest absolute Gasteiger partial charge is 0.507 e. The molecule has 4 rings (SSSR count). The highest BCUT2D eigenvalue weighted by Gasteiger charge is 2.46. The average molecular weight is 442 g/mol. The summed E-state index contributed by atoms with van der Waals surface area (Å²) in [4.78, 5) is 34.0. The second-order valence-electron chi connectivity index (χ2n) is 8.59. The minimum absolute atomic E-state index is 0.111. The summed E-state index contributed by atoms with van der Waals surface area (Å²) >= 11 is 0. The molecule has 2 aromatic carbocycles. The molecule has 1 fully saturated rings. The zero-order valence-electron chi connectivity index (χ0n) is 19.2. The summed E-state index contributed by atoms with van der Waals surface area (Å²) in [6.07, 6.45) is 3.31. The van der Waals surface area contributed by atoms with E-state index < -0.39 is 17.7 Å². The third kappa shape index (κ3) is 4.24. The zero-order chi connectivity index (χ0) is 23.7. The number of nitrogens with zero attached hydrogens (tertiary/aromatic N) is 3. The Morgan fingerprint density at radius 2 is 1.67 bits per heavy atom. The number of Topliss-reactive ketones (excluding diaryl/α,β-unsaturated/α-hetero) is 1. The molecule has 1 aromatic heterocycles. The van der Waals surface area contributed by atoms with Gasteiger partial charge in [0, 0.05) is 44.3 Å². The molecule has 3 aromatic rings. The third-order valence-electron chi connectivity index (χ3n) is 6.02. The Kier molecular flexibility index (Phi) is 6.01. The van der Waals surface area contributed by atoms with Gasteiger partial charge < -0.3 is 14.9 Å². The molecular formula is C27H27N3O3. The number of aromatic nitrogens is 1. The summed E-state index contributed by atoms with van der Waals surface area (Å²) in [7, 11) is 3.90. The summed E-state index contributed by atoms with van der Waals surface area (Å²) in [6, 6.07) is 16.3. The van der Waals surface area contributed by atoms with Gasteiger partial charge in [0.15, 0.2) is 0 Å². The Morgan fingerprint density at radius 3 is 2.30 bits per heavy atom. The number of aliphatic hydroxyl groups excluding tert-OH is 1. The first-order chi connectivity index (χ1) is 15.8. The molecule has 1 aliphatic heterocycles. The predicted molar refractivity (Wildman–Crippen MR) is 129 cm³/mol. The van der Waals surface area contributed by atoms with Crippen LogP contribution in [0.1, 0.15) is 33.9 Å². The first-order valence-electron chi connectivity index (χ1n) is 10.8. The van der Waals surface area contributed by atoms with Crippen molar-refractivity contribution in [1.29, 1.82) is 0 Å². The van der Waals surface area contributed by atoms with Crippen LogP contribution in [0, 0.1) is 13.8 Å². The summed E-state index contributed by atoms with van der Waals surface area (Å²) in [6.45, 7) is 4.04. The predicted octanol–water partition coefficient (Wildman–Crippen LogP) is 4.39. The molecule has 0 aliphatic carbocycles. The Morgan fingerprint density at radius 1 is 1.00 bits per heavy atom. The SMILES string of the molecule is Cc1ccc(C)c(/C(O)=C2\C(=O)C(=O)N(Cc3ccncc3)C2c2ccc(N(C)C)cc2)c1. The highest BCUT2D eigenvalue weighted by molar-refractivity contribution is 6.46. The van der Waals surface area contributed by atoms with E-state index in [1.165, 1.54) is 4.90 Å². The molecule has 1 amide bonds. The number of ketones is 1. The van der Waals surface area contributed by atoms with Crippen LogP contribution in [0.25, 0.3) is 5.76 Å². The smallest absolute Gasteiger partial charge is 0.295 e. The van der Waals surface area contributed by atoms with Crippen molar-refractivity contribution in [2.75, 3.05) is 19.0 Å². The average Bonchev–Trinajstić information content (AvgIpc) is 3.06. The van der Waals surface area contributed by atoms with Crippen LogP contribution < -0.4 is 4.90 Å². The number of aryl methyl sites for hydroxylation is 2. The van der Waals surface area contributed by atoms with Crippen LogP contribution in [0.2, 0.25) is 0 Å². The first kappa shape index (κ1) is 22.3. The number of aliphatic hydroxyl groups is 1. The van der Waals surface area contributed by atoms with Crippen molar-refractivity contribution in [1.82, 2.24) is 9.88 Å². The number of pyridine rings is 1. The number of likely N-dealkylation sites (tertiary alicyclic amines) is 1. The first-order valence-corrected chi connectivity index (χ1v) is 10.8.